The van der Waals surface area contributed by atoms with Crippen LogP contribution in [0.1, 0.15) is 110 Å². The molecular weight excluding hydrogens is 420 g/mol. The van der Waals surface area contributed by atoms with E-state index in [0.29, 0.717) is 11.2 Å². The minimum Gasteiger partial charge on any atom is -0.313 e. The Hall–Kier alpha value is -1.50. The summed E-state index contributed by atoms with van der Waals surface area (Å²) in [7, 11) is 1.68. The summed E-state index contributed by atoms with van der Waals surface area (Å²) >= 11 is 1.72. The van der Waals surface area contributed by atoms with Crippen LogP contribution >= 0.6 is 11.8 Å². The zero-order valence-corrected chi connectivity index (χ0v) is 21.4. The highest BCUT2D eigenvalue weighted by Gasteiger charge is 2.17. The molecule has 0 aliphatic rings. The van der Waals surface area contributed by atoms with E-state index in [2.05, 4.69) is 23.4 Å². The zero-order chi connectivity index (χ0) is 23.2. The smallest absolute Gasteiger partial charge is 0.313 e. The summed E-state index contributed by atoms with van der Waals surface area (Å²) in [5, 5.41) is 0.873. The molecular formula is C25H44N4O2S. The van der Waals surface area contributed by atoms with Gasteiger partial charge >= 0.3 is 5.69 Å². The Morgan fingerprint density at radius 3 is 1.91 bits per heavy atom. The van der Waals surface area contributed by atoms with Gasteiger partial charge in [-0.2, -0.15) is 0 Å². The molecule has 0 aliphatic carbocycles. The maximum atomic E-state index is 12.6. The maximum Gasteiger partial charge on any atom is 0.329 e. The van der Waals surface area contributed by atoms with Crippen LogP contribution in [0.2, 0.25) is 0 Å². The molecule has 6 nitrogen and oxygen atoms in total. The molecule has 2 rings (SSSR count). The third kappa shape index (κ3) is 8.45. The Morgan fingerprint density at radius 1 is 0.781 bits per heavy atom. The van der Waals surface area contributed by atoms with Gasteiger partial charge in [0.05, 0.1) is 0 Å². The number of hydrogen-bond acceptors (Lipinski definition) is 4. The number of aryl methyl sites for hydroxylation is 2. The Labute approximate surface area is 197 Å². The molecule has 0 saturated carbocycles. The van der Waals surface area contributed by atoms with E-state index in [1.807, 2.05) is 0 Å². The molecule has 32 heavy (non-hydrogen) atoms. The summed E-state index contributed by atoms with van der Waals surface area (Å²) in [6.07, 6.45) is 19.1. The average Bonchev–Trinajstić information content (AvgIpc) is 3.15. The van der Waals surface area contributed by atoms with Crippen molar-refractivity contribution < 1.29 is 0 Å². The molecule has 0 aliphatic heterocycles. The van der Waals surface area contributed by atoms with Gasteiger partial charge in [0.25, 0.3) is 5.56 Å². The van der Waals surface area contributed by atoms with E-state index < -0.39 is 5.69 Å². The summed E-state index contributed by atoms with van der Waals surface area (Å²) in [6, 6.07) is 0. The molecule has 2 heterocycles. The van der Waals surface area contributed by atoms with Crippen molar-refractivity contribution >= 4 is 22.9 Å². The normalized spacial score (nSPS) is 11.6. The maximum absolute atomic E-state index is 12.6. The molecule has 0 spiro atoms. The number of nitrogens with one attached hydrogen (secondary N) is 1. The highest BCUT2D eigenvalue weighted by molar-refractivity contribution is 7.99. The fourth-order valence-electron chi connectivity index (χ4n) is 4.16. The van der Waals surface area contributed by atoms with Gasteiger partial charge in [-0.1, -0.05) is 109 Å². The van der Waals surface area contributed by atoms with Crippen molar-refractivity contribution in [1.29, 1.82) is 0 Å². The van der Waals surface area contributed by atoms with E-state index in [4.69, 9.17) is 4.98 Å². The van der Waals surface area contributed by atoms with Gasteiger partial charge in [-0.05, 0) is 12.8 Å². The Balaban J connectivity index is 1.92. The number of aromatic nitrogens is 4. The van der Waals surface area contributed by atoms with Crippen molar-refractivity contribution in [3.8, 4) is 0 Å². The molecule has 0 atom stereocenters. The first-order chi connectivity index (χ1) is 15.6. The molecule has 0 saturated heterocycles. The number of rotatable bonds is 18. The van der Waals surface area contributed by atoms with Gasteiger partial charge in [-0.3, -0.25) is 14.3 Å². The summed E-state index contributed by atoms with van der Waals surface area (Å²) in [5.41, 5.74) is 0.315. The van der Waals surface area contributed by atoms with Crippen LogP contribution in [0.4, 0.5) is 0 Å². The standard InChI is InChI=1S/C25H44N4O2S/c1-4-6-8-10-11-12-13-14-15-17-19-29-21-22(28(3)24(31)27-23(21)30)26-25(29)32-20-18-16-9-7-5-2/h4-20H2,1-3H3,(H,27,30,31). The third-order valence-electron chi connectivity index (χ3n) is 6.19. The zero-order valence-electron chi connectivity index (χ0n) is 20.6. The summed E-state index contributed by atoms with van der Waals surface area (Å²) < 4.78 is 3.51. The number of unbranched alkanes of at least 4 members (excludes halogenated alkanes) is 13. The first-order valence-corrected chi connectivity index (χ1v) is 13.9. The monoisotopic (exact) mass is 464 g/mol. The van der Waals surface area contributed by atoms with Crippen LogP contribution in [0.15, 0.2) is 14.7 Å². The Kier molecular flexibility index (Phi) is 12.8. The lowest BCUT2D eigenvalue weighted by molar-refractivity contribution is 0.527. The highest BCUT2D eigenvalue weighted by Crippen LogP contribution is 2.24. The number of nitrogens with zero attached hydrogens (tertiary/aromatic N) is 3. The van der Waals surface area contributed by atoms with E-state index in [-0.39, 0.29) is 5.56 Å². The number of aromatic amines is 1. The van der Waals surface area contributed by atoms with Crippen molar-refractivity contribution in [1.82, 2.24) is 19.1 Å². The van der Waals surface area contributed by atoms with Gasteiger partial charge in [-0.15, -0.1) is 0 Å². The van der Waals surface area contributed by atoms with Gasteiger partial charge in [-0.25, -0.2) is 9.78 Å². The van der Waals surface area contributed by atoms with Crippen LogP contribution in [0, 0.1) is 0 Å². The second kappa shape index (κ2) is 15.4. The largest absolute Gasteiger partial charge is 0.329 e. The first-order valence-electron chi connectivity index (χ1n) is 12.9. The van der Waals surface area contributed by atoms with E-state index in [9.17, 15) is 9.59 Å². The number of H-pyrrole nitrogens is 1. The minimum atomic E-state index is -0.401. The second-order valence-electron chi connectivity index (χ2n) is 8.98. The molecule has 0 unspecified atom stereocenters. The first kappa shape index (κ1) is 26.7. The van der Waals surface area contributed by atoms with E-state index >= 15 is 0 Å². The lowest BCUT2D eigenvalue weighted by Crippen LogP contribution is -2.29. The Morgan fingerprint density at radius 2 is 1.31 bits per heavy atom. The number of hydrogen-bond donors (Lipinski definition) is 1. The van der Waals surface area contributed by atoms with Crippen molar-refractivity contribution in [2.24, 2.45) is 7.05 Å². The van der Waals surface area contributed by atoms with Crippen LogP contribution < -0.4 is 11.2 Å². The molecule has 2 aromatic rings. The van der Waals surface area contributed by atoms with Crippen molar-refractivity contribution in [2.45, 2.75) is 122 Å². The van der Waals surface area contributed by atoms with E-state index in [1.165, 1.54) is 88.0 Å². The highest BCUT2D eigenvalue weighted by atomic mass is 32.2. The molecule has 0 fully saturated rings. The average molecular weight is 465 g/mol. The number of fused-ring (bicyclic) bond motifs is 1. The van der Waals surface area contributed by atoms with Crippen molar-refractivity contribution in [3.05, 3.63) is 20.8 Å². The lowest BCUT2D eigenvalue weighted by Gasteiger charge is -2.09. The molecule has 0 aromatic carbocycles. The molecule has 0 bridgehead atoms. The van der Waals surface area contributed by atoms with Crippen LogP contribution in [0.5, 0.6) is 0 Å². The van der Waals surface area contributed by atoms with Gasteiger partial charge in [0.1, 0.15) is 0 Å². The summed E-state index contributed by atoms with van der Waals surface area (Å²) in [5.74, 6) is 0.997. The van der Waals surface area contributed by atoms with E-state index in [1.54, 1.807) is 18.8 Å². The van der Waals surface area contributed by atoms with Gasteiger partial charge in [0, 0.05) is 19.3 Å². The minimum absolute atomic E-state index is 0.322. The predicted octanol–water partition coefficient (Wildman–Crippen LogP) is 6.41. The van der Waals surface area contributed by atoms with Crippen molar-refractivity contribution in [2.75, 3.05) is 5.75 Å². The predicted molar refractivity (Wildman–Crippen MR) is 137 cm³/mol. The number of thioether (sulfide) groups is 1. The summed E-state index contributed by atoms with van der Waals surface area (Å²) in [6.45, 7) is 5.27. The van der Waals surface area contributed by atoms with Gasteiger partial charge < -0.3 is 4.57 Å². The van der Waals surface area contributed by atoms with E-state index in [0.717, 1.165) is 30.3 Å². The molecule has 0 radical (unpaired) electrons. The van der Waals surface area contributed by atoms with Crippen LogP contribution in [-0.2, 0) is 13.6 Å². The van der Waals surface area contributed by atoms with Crippen LogP contribution in [0.25, 0.3) is 11.2 Å². The van der Waals surface area contributed by atoms with Crippen LogP contribution in [0.3, 0.4) is 0 Å². The fourth-order valence-corrected chi connectivity index (χ4v) is 5.18. The topological polar surface area (TPSA) is 72.7 Å². The summed E-state index contributed by atoms with van der Waals surface area (Å²) in [4.78, 5) is 31.8. The molecule has 182 valence electrons. The van der Waals surface area contributed by atoms with Gasteiger partial charge in [0.2, 0.25) is 0 Å². The van der Waals surface area contributed by atoms with Crippen molar-refractivity contribution in [3.63, 3.8) is 0 Å². The molecule has 1 N–H and O–H groups in total. The quantitative estimate of drug-likeness (QED) is 0.204. The molecule has 2 aromatic heterocycles. The molecule has 0 amide bonds. The molecule has 7 heteroatoms. The number of imidazole rings is 1. The SMILES string of the molecule is CCCCCCCCCCCCn1c(SCCCCCCC)nc2c1c(=O)[nH]c(=O)n2C. The Bertz CT molecular complexity index is 900. The lowest BCUT2D eigenvalue weighted by atomic mass is 10.1. The third-order valence-corrected chi connectivity index (χ3v) is 7.25. The second-order valence-corrected chi connectivity index (χ2v) is 10.0. The fraction of sp³-hybridized carbons (Fsp3) is 0.800. The van der Waals surface area contributed by atoms with Gasteiger partial charge in [0.15, 0.2) is 16.3 Å². The van der Waals surface area contributed by atoms with Crippen LogP contribution in [-0.4, -0.2) is 24.9 Å².